The van der Waals surface area contributed by atoms with Gasteiger partial charge in [-0.3, -0.25) is 4.79 Å². The van der Waals surface area contributed by atoms with Gasteiger partial charge in [0.25, 0.3) is 5.91 Å². The molecule has 1 atom stereocenters. The monoisotopic (exact) mass is 349 g/mol. The molecule has 0 spiro atoms. The third-order valence-electron chi connectivity index (χ3n) is 4.59. The molecular weight excluding hydrogens is 330 g/mol. The molecule has 7 nitrogen and oxygen atoms in total. The number of hydrogen-bond acceptors (Lipinski definition) is 5. The number of ether oxygens (including phenoxy) is 1. The van der Waals surface area contributed by atoms with Gasteiger partial charge in [-0.05, 0) is 30.7 Å². The molecule has 132 valence electrons. The first-order valence-corrected chi connectivity index (χ1v) is 8.40. The highest BCUT2D eigenvalue weighted by Crippen LogP contribution is 2.32. The second-order valence-electron chi connectivity index (χ2n) is 6.21. The number of amides is 1. The molecule has 1 amide bonds. The van der Waals surface area contributed by atoms with Crippen molar-refractivity contribution in [1.29, 1.82) is 0 Å². The molecule has 1 aromatic carbocycles. The Bertz CT molecular complexity index is 952. The summed E-state index contributed by atoms with van der Waals surface area (Å²) < 4.78 is 7.44. The van der Waals surface area contributed by atoms with E-state index in [0.29, 0.717) is 24.6 Å². The van der Waals surface area contributed by atoms with Gasteiger partial charge in [0.1, 0.15) is 23.1 Å². The van der Waals surface area contributed by atoms with Crippen LogP contribution in [0.2, 0.25) is 0 Å². The second-order valence-corrected chi connectivity index (χ2v) is 6.21. The maximum atomic E-state index is 13.2. The Morgan fingerprint density at radius 3 is 2.92 bits per heavy atom. The van der Waals surface area contributed by atoms with Gasteiger partial charge in [0.15, 0.2) is 0 Å². The zero-order valence-electron chi connectivity index (χ0n) is 14.7. The molecule has 0 N–H and O–H groups in total. The molecule has 0 radical (unpaired) electrons. The lowest BCUT2D eigenvalue weighted by atomic mass is 10.0. The Kier molecular flexibility index (Phi) is 4.12. The van der Waals surface area contributed by atoms with Gasteiger partial charge in [-0.2, -0.15) is 0 Å². The van der Waals surface area contributed by atoms with Gasteiger partial charge in [0.05, 0.1) is 19.7 Å². The molecule has 0 saturated heterocycles. The van der Waals surface area contributed by atoms with Crippen LogP contribution in [-0.2, 0) is 13.1 Å². The zero-order valence-corrected chi connectivity index (χ0v) is 14.7. The molecule has 3 aromatic rings. The lowest BCUT2D eigenvalue weighted by molar-refractivity contribution is 0.0577. The van der Waals surface area contributed by atoms with Crippen LogP contribution in [0.15, 0.2) is 48.9 Å². The Morgan fingerprint density at radius 2 is 2.12 bits per heavy atom. The first-order valence-electron chi connectivity index (χ1n) is 8.40. The van der Waals surface area contributed by atoms with Crippen LogP contribution in [0.1, 0.15) is 33.7 Å². The van der Waals surface area contributed by atoms with E-state index in [4.69, 9.17) is 4.74 Å². The average molecular weight is 349 g/mol. The molecule has 0 unspecified atom stereocenters. The fourth-order valence-corrected chi connectivity index (χ4v) is 3.28. The lowest BCUT2D eigenvalue weighted by Gasteiger charge is -2.36. The van der Waals surface area contributed by atoms with Crippen LogP contribution < -0.4 is 4.74 Å². The van der Waals surface area contributed by atoms with Crippen molar-refractivity contribution in [2.45, 2.75) is 26.1 Å². The molecule has 7 heteroatoms. The summed E-state index contributed by atoms with van der Waals surface area (Å²) in [6.45, 7) is 2.84. The van der Waals surface area contributed by atoms with Gasteiger partial charge in [-0.25, -0.2) is 15.0 Å². The van der Waals surface area contributed by atoms with E-state index in [1.807, 2.05) is 35.4 Å². The van der Waals surface area contributed by atoms with E-state index in [1.165, 1.54) is 0 Å². The summed E-state index contributed by atoms with van der Waals surface area (Å²) in [6, 6.07) is 9.34. The molecule has 1 aliphatic rings. The standard InChI is InChI=1S/C19H19N5O2/c1-13-20-7-6-16(22-13)19(25)24-12-18-21-8-9-23(18)11-17(24)14-4-3-5-15(10-14)26-2/h3-10,17H,11-12H2,1-2H3/t17-/m0/s1. The molecule has 3 heterocycles. The summed E-state index contributed by atoms with van der Waals surface area (Å²) >= 11 is 0. The van der Waals surface area contributed by atoms with Gasteiger partial charge in [-0.15, -0.1) is 0 Å². The maximum absolute atomic E-state index is 13.2. The van der Waals surface area contributed by atoms with Crippen molar-refractivity contribution in [1.82, 2.24) is 24.4 Å². The topological polar surface area (TPSA) is 73.1 Å². The predicted molar refractivity (Wildman–Crippen MR) is 94.6 cm³/mol. The van der Waals surface area contributed by atoms with Crippen LogP contribution in [0.4, 0.5) is 0 Å². The maximum Gasteiger partial charge on any atom is 0.273 e. The largest absolute Gasteiger partial charge is 0.497 e. The molecule has 0 fully saturated rings. The third kappa shape index (κ3) is 2.92. The summed E-state index contributed by atoms with van der Waals surface area (Å²) in [5.74, 6) is 2.08. The summed E-state index contributed by atoms with van der Waals surface area (Å²) in [6.07, 6.45) is 5.32. The Labute approximate surface area is 151 Å². The van der Waals surface area contributed by atoms with Crippen molar-refractivity contribution in [3.8, 4) is 5.75 Å². The van der Waals surface area contributed by atoms with E-state index in [1.54, 1.807) is 32.5 Å². The number of nitrogens with zero attached hydrogens (tertiary/aromatic N) is 5. The Balaban J connectivity index is 1.75. The van der Waals surface area contributed by atoms with Gasteiger partial charge in [0, 0.05) is 25.1 Å². The van der Waals surface area contributed by atoms with Gasteiger partial charge in [-0.1, -0.05) is 12.1 Å². The van der Waals surface area contributed by atoms with Crippen molar-refractivity contribution in [2.75, 3.05) is 7.11 Å². The van der Waals surface area contributed by atoms with Gasteiger partial charge >= 0.3 is 0 Å². The van der Waals surface area contributed by atoms with Crippen LogP contribution >= 0.6 is 0 Å². The van der Waals surface area contributed by atoms with Gasteiger partial charge < -0.3 is 14.2 Å². The van der Waals surface area contributed by atoms with E-state index in [-0.39, 0.29) is 11.9 Å². The van der Waals surface area contributed by atoms with Crippen LogP contribution in [0.25, 0.3) is 0 Å². The normalized spacial score (nSPS) is 16.2. The van der Waals surface area contributed by atoms with E-state index < -0.39 is 0 Å². The van der Waals surface area contributed by atoms with Crippen molar-refractivity contribution in [3.63, 3.8) is 0 Å². The molecule has 0 bridgehead atoms. The van der Waals surface area contributed by atoms with E-state index in [0.717, 1.165) is 17.1 Å². The summed E-state index contributed by atoms with van der Waals surface area (Å²) in [5.41, 5.74) is 1.41. The first-order chi connectivity index (χ1) is 12.7. The number of methoxy groups -OCH3 is 1. The SMILES string of the molecule is COc1cccc([C@@H]2Cn3ccnc3CN2C(=O)c2ccnc(C)n2)c1. The summed E-state index contributed by atoms with van der Waals surface area (Å²) in [5, 5.41) is 0. The fraction of sp³-hybridized carbons (Fsp3) is 0.263. The predicted octanol–water partition coefficient (Wildman–Crippen LogP) is 2.39. The molecule has 2 aromatic heterocycles. The minimum atomic E-state index is -0.130. The smallest absolute Gasteiger partial charge is 0.273 e. The molecule has 0 saturated carbocycles. The third-order valence-corrected chi connectivity index (χ3v) is 4.59. The number of fused-ring (bicyclic) bond motifs is 1. The van der Waals surface area contributed by atoms with E-state index >= 15 is 0 Å². The van der Waals surface area contributed by atoms with Crippen molar-refractivity contribution >= 4 is 5.91 Å². The van der Waals surface area contributed by atoms with Crippen LogP contribution in [-0.4, -0.2) is 37.4 Å². The number of carbonyl (C=O) groups is 1. The zero-order chi connectivity index (χ0) is 18.1. The van der Waals surface area contributed by atoms with Crippen molar-refractivity contribution < 1.29 is 9.53 Å². The van der Waals surface area contributed by atoms with Crippen LogP contribution in [0, 0.1) is 6.92 Å². The number of rotatable bonds is 3. The van der Waals surface area contributed by atoms with Crippen LogP contribution in [0.5, 0.6) is 5.75 Å². The fourth-order valence-electron chi connectivity index (χ4n) is 3.28. The molecule has 4 rings (SSSR count). The minimum Gasteiger partial charge on any atom is -0.497 e. The molecule has 1 aliphatic heterocycles. The summed E-state index contributed by atoms with van der Waals surface area (Å²) in [4.78, 5) is 27.8. The van der Waals surface area contributed by atoms with Crippen molar-refractivity contribution in [2.24, 2.45) is 0 Å². The quantitative estimate of drug-likeness (QED) is 0.726. The number of imidazole rings is 1. The number of hydrogen-bond donors (Lipinski definition) is 0. The molecule has 0 aliphatic carbocycles. The van der Waals surface area contributed by atoms with E-state index in [2.05, 4.69) is 19.5 Å². The van der Waals surface area contributed by atoms with Gasteiger partial charge in [0.2, 0.25) is 0 Å². The highest BCUT2D eigenvalue weighted by atomic mass is 16.5. The number of carbonyl (C=O) groups excluding carboxylic acids is 1. The molecular formula is C19H19N5O2. The average Bonchev–Trinajstić information content (AvgIpc) is 3.14. The highest BCUT2D eigenvalue weighted by Gasteiger charge is 2.32. The first kappa shape index (κ1) is 16.3. The molecule has 26 heavy (non-hydrogen) atoms. The van der Waals surface area contributed by atoms with E-state index in [9.17, 15) is 4.79 Å². The number of benzene rings is 1. The second kappa shape index (κ2) is 6.59. The lowest BCUT2D eigenvalue weighted by Crippen LogP contribution is -2.41. The minimum absolute atomic E-state index is 0.127. The number of aryl methyl sites for hydroxylation is 1. The Hall–Kier alpha value is -3.22. The van der Waals surface area contributed by atoms with Crippen LogP contribution in [0.3, 0.4) is 0 Å². The van der Waals surface area contributed by atoms with Crippen molar-refractivity contribution in [3.05, 3.63) is 71.8 Å². The highest BCUT2D eigenvalue weighted by molar-refractivity contribution is 5.92. The Morgan fingerprint density at radius 1 is 1.23 bits per heavy atom. The number of aromatic nitrogens is 4. The summed E-state index contributed by atoms with van der Waals surface area (Å²) in [7, 11) is 1.64.